The molecule has 1 saturated carbocycles. The van der Waals surface area contributed by atoms with Crippen LogP contribution < -0.4 is 14.8 Å². The van der Waals surface area contributed by atoms with Crippen molar-refractivity contribution in [1.29, 1.82) is 0 Å². The van der Waals surface area contributed by atoms with Gasteiger partial charge >= 0.3 is 6.61 Å². The molecule has 6 heteroatoms. The van der Waals surface area contributed by atoms with Gasteiger partial charge in [-0.1, -0.05) is 25.8 Å². The maximum atomic E-state index is 12.4. The van der Waals surface area contributed by atoms with Crippen LogP contribution in [0.15, 0.2) is 24.3 Å². The molecule has 2 rings (SSSR count). The first-order chi connectivity index (χ1) is 12.0. The average Bonchev–Trinajstić information content (AvgIpc) is 2.57. The minimum Gasteiger partial charge on any atom is -0.490 e. The molecule has 0 aliphatic heterocycles. The zero-order valence-corrected chi connectivity index (χ0v) is 14.6. The molecule has 25 heavy (non-hydrogen) atoms. The lowest BCUT2D eigenvalue weighted by molar-refractivity contribution is -0.117. The summed E-state index contributed by atoms with van der Waals surface area (Å²) in [4.78, 5) is 12.1. The van der Waals surface area contributed by atoms with Gasteiger partial charge in [-0.3, -0.25) is 4.79 Å². The molecule has 1 amide bonds. The summed E-state index contributed by atoms with van der Waals surface area (Å²) in [7, 11) is 0. The van der Waals surface area contributed by atoms with Gasteiger partial charge in [-0.15, -0.1) is 0 Å². The predicted molar refractivity (Wildman–Crippen MR) is 92.8 cm³/mol. The van der Waals surface area contributed by atoms with Gasteiger partial charge in [0.15, 0.2) is 11.5 Å². The SMILES string of the molecule is CCOc1cc(/C=C/C(=O)NC2CCCCC2C)ccc1OC(F)F. The Hall–Kier alpha value is -2.11. The van der Waals surface area contributed by atoms with E-state index in [0.717, 1.165) is 19.3 Å². The lowest BCUT2D eigenvalue weighted by atomic mass is 9.86. The zero-order chi connectivity index (χ0) is 18.2. The molecule has 1 aliphatic rings. The van der Waals surface area contributed by atoms with E-state index < -0.39 is 6.61 Å². The van der Waals surface area contributed by atoms with E-state index in [4.69, 9.17) is 4.74 Å². The van der Waals surface area contributed by atoms with Crippen molar-refractivity contribution >= 4 is 12.0 Å². The summed E-state index contributed by atoms with van der Waals surface area (Å²) in [6.45, 7) is 1.33. The number of benzene rings is 1. The van der Waals surface area contributed by atoms with Crippen LogP contribution in [0, 0.1) is 5.92 Å². The first-order valence-electron chi connectivity index (χ1n) is 8.69. The van der Waals surface area contributed by atoms with Crippen LogP contribution in [-0.4, -0.2) is 25.2 Å². The largest absolute Gasteiger partial charge is 0.490 e. The fraction of sp³-hybridized carbons (Fsp3) is 0.526. The van der Waals surface area contributed by atoms with Crippen molar-refractivity contribution in [2.75, 3.05) is 6.61 Å². The highest BCUT2D eigenvalue weighted by Gasteiger charge is 2.21. The van der Waals surface area contributed by atoms with Gasteiger partial charge in [0, 0.05) is 12.1 Å². The van der Waals surface area contributed by atoms with E-state index in [0.29, 0.717) is 18.1 Å². The molecule has 2 atom stereocenters. The highest BCUT2D eigenvalue weighted by Crippen LogP contribution is 2.30. The Balaban J connectivity index is 2.01. The molecular formula is C19H25F2NO3. The van der Waals surface area contributed by atoms with E-state index >= 15 is 0 Å². The summed E-state index contributed by atoms with van der Waals surface area (Å²) in [6.07, 6.45) is 7.60. The first kappa shape index (κ1) is 19.2. The Kier molecular flexibility index (Phi) is 7.22. The Bertz CT molecular complexity index is 604. The van der Waals surface area contributed by atoms with Gasteiger partial charge in [-0.05, 0) is 49.5 Å². The van der Waals surface area contributed by atoms with Crippen LogP contribution in [0.4, 0.5) is 8.78 Å². The van der Waals surface area contributed by atoms with E-state index in [2.05, 4.69) is 17.0 Å². The van der Waals surface area contributed by atoms with E-state index in [1.54, 1.807) is 25.1 Å². The maximum Gasteiger partial charge on any atom is 0.387 e. The summed E-state index contributed by atoms with van der Waals surface area (Å²) in [5.41, 5.74) is 0.678. The summed E-state index contributed by atoms with van der Waals surface area (Å²) in [6, 6.07) is 4.81. The summed E-state index contributed by atoms with van der Waals surface area (Å²) in [5.74, 6) is 0.548. The van der Waals surface area contributed by atoms with Crippen molar-refractivity contribution in [3.05, 3.63) is 29.8 Å². The van der Waals surface area contributed by atoms with Crippen molar-refractivity contribution in [2.45, 2.75) is 52.2 Å². The molecular weight excluding hydrogens is 328 g/mol. The van der Waals surface area contributed by atoms with Crippen molar-refractivity contribution in [2.24, 2.45) is 5.92 Å². The van der Waals surface area contributed by atoms with Gasteiger partial charge in [0.05, 0.1) is 6.61 Å². The molecule has 0 saturated heterocycles. The smallest absolute Gasteiger partial charge is 0.387 e. The molecule has 1 aromatic carbocycles. The molecule has 0 heterocycles. The van der Waals surface area contributed by atoms with Crippen LogP contribution in [0.25, 0.3) is 6.08 Å². The second-order valence-corrected chi connectivity index (χ2v) is 6.23. The van der Waals surface area contributed by atoms with Gasteiger partial charge in [0.2, 0.25) is 5.91 Å². The lowest BCUT2D eigenvalue weighted by Gasteiger charge is -2.29. The second kappa shape index (κ2) is 9.39. The van der Waals surface area contributed by atoms with Gasteiger partial charge in [0.1, 0.15) is 0 Å². The summed E-state index contributed by atoms with van der Waals surface area (Å²) >= 11 is 0. The number of amides is 1. The van der Waals surface area contributed by atoms with Crippen molar-refractivity contribution in [3.63, 3.8) is 0 Å². The van der Waals surface area contributed by atoms with Gasteiger partial charge in [-0.25, -0.2) is 0 Å². The molecule has 0 aromatic heterocycles. The fourth-order valence-corrected chi connectivity index (χ4v) is 3.02. The number of alkyl halides is 2. The third-order valence-electron chi connectivity index (χ3n) is 4.35. The number of hydrogen-bond donors (Lipinski definition) is 1. The third kappa shape index (κ3) is 6.03. The van der Waals surface area contributed by atoms with Crippen LogP contribution in [0.1, 0.15) is 45.1 Å². The zero-order valence-electron chi connectivity index (χ0n) is 14.6. The van der Waals surface area contributed by atoms with E-state index in [1.807, 2.05) is 0 Å². The topological polar surface area (TPSA) is 47.6 Å². The molecule has 0 spiro atoms. The van der Waals surface area contributed by atoms with Crippen LogP contribution in [-0.2, 0) is 4.79 Å². The molecule has 1 aromatic rings. The van der Waals surface area contributed by atoms with Crippen molar-refractivity contribution in [3.8, 4) is 11.5 Å². The Morgan fingerprint density at radius 1 is 1.32 bits per heavy atom. The monoisotopic (exact) mass is 353 g/mol. The lowest BCUT2D eigenvalue weighted by Crippen LogP contribution is -2.40. The number of halogens is 2. The summed E-state index contributed by atoms with van der Waals surface area (Å²) < 4.78 is 34.6. The second-order valence-electron chi connectivity index (χ2n) is 6.23. The van der Waals surface area contributed by atoms with Gasteiger partial charge in [-0.2, -0.15) is 8.78 Å². The van der Waals surface area contributed by atoms with E-state index in [1.165, 1.54) is 18.6 Å². The molecule has 1 fully saturated rings. The maximum absolute atomic E-state index is 12.4. The highest BCUT2D eigenvalue weighted by atomic mass is 19.3. The molecule has 0 radical (unpaired) electrons. The Morgan fingerprint density at radius 2 is 2.08 bits per heavy atom. The highest BCUT2D eigenvalue weighted by molar-refractivity contribution is 5.92. The number of ether oxygens (including phenoxy) is 2. The number of carbonyl (C=O) groups excluding carboxylic acids is 1. The van der Waals surface area contributed by atoms with Crippen LogP contribution >= 0.6 is 0 Å². The first-order valence-corrected chi connectivity index (χ1v) is 8.69. The fourth-order valence-electron chi connectivity index (χ4n) is 3.02. The van der Waals surface area contributed by atoms with E-state index in [9.17, 15) is 13.6 Å². The summed E-state index contributed by atoms with van der Waals surface area (Å²) in [5, 5.41) is 3.04. The van der Waals surface area contributed by atoms with Crippen LogP contribution in [0.3, 0.4) is 0 Å². The molecule has 0 bridgehead atoms. The standard InChI is InChI=1S/C19H25F2NO3/c1-3-24-17-12-14(8-10-16(17)25-19(20)21)9-11-18(23)22-15-7-5-4-6-13(15)2/h8-13,15,19H,3-7H2,1-2H3,(H,22,23)/b11-9+. The minimum absolute atomic E-state index is 0.0190. The van der Waals surface area contributed by atoms with Crippen LogP contribution in [0.5, 0.6) is 11.5 Å². The predicted octanol–water partition coefficient (Wildman–Crippen LogP) is 4.39. The van der Waals surface area contributed by atoms with Crippen molar-refractivity contribution in [1.82, 2.24) is 5.32 Å². The molecule has 138 valence electrons. The number of hydrogen-bond acceptors (Lipinski definition) is 3. The molecule has 1 N–H and O–H groups in total. The number of rotatable bonds is 7. The van der Waals surface area contributed by atoms with Crippen molar-refractivity contribution < 1.29 is 23.0 Å². The minimum atomic E-state index is -2.91. The third-order valence-corrected chi connectivity index (χ3v) is 4.35. The normalized spacial score (nSPS) is 20.7. The molecule has 1 aliphatic carbocycles. The average molecular weight is 353 g/mol. The number of carbonyl (C=O) groups is 1. The Labute approximate surface area is 147 Å². The van der Waals surface area contributed by atoms with E-state index in [-0.39, 0.29) is 23.4 Å². The quantitative estimate of drug-likeness (QED) is 0.740. The number of nitrogens with one attached hydrogen (secondary N) is 1. The van der Waals surface area contributed by atoms with Gasteiger partial charge < -0.3 is 14.8 Å². The molecule has 2 unspecified atom stereocenters. The van der Waals surface area contributed by atoms with Crippen LogP contribution in [0.2, 0.25) is 0 Å². The van der Waals surface area contributed by atoms with Gasteiger partial charge in [0.25, 0.3) is 0 Å². The molecule has 4 nitrogen and oxygen atoms in total. The Morgan fingerprint density at radius 3 is 2.76 bits per heavy atom.